The van der Waals surface area contributed by atoms with E-state index in [4.69, 9.17) is 14.2 Å². The summed E-state index contributed by atoms with van der Waals surface area (Å²) >= 11 is 0. The fourth-order valence-electron chi connectivity index (χ4n) is 2.38. The Hall–Kier alpha value is -3.08. The molecule has 5 nitrogen and oxygen atoms in total. The summed E-state index contributed by atoms with van der Waals surface area (Å²) < 4.78 is 16.3. The number of carbonyl (C=O) groups is 1. The highest BCUT2D eigenvalue weighted by Gasteiger charge is 2.24. The lowest BCUT2D eigenvalue weighted by atomic mass is 10.1. The van der Waals surface area contributed by atoms with E-state index in [0.29, 0.717) is 24.0 Å². The minimum absolute atomic E-state index is 0.255. The van der Waals surface area contributed by atoms with Crippen LogP contribution < -0.4 is 9.47 Å². The molecule has 0 aliphatic carbocycles. The molecule has 0 aromatic heterocycles. The van der Waals surface area contributed by atoms with Crippen molar-refractivity contribution in [1.29, 1.82) is 0 Å². The van der Waals surface area contributed by atoms with Gasteiger partial charge in [0.15, 0.2) is 17.2 Å². The molecule has 0 fully saturated rings. The van der Waals surface area contributed by atoms with Crippen LogP contribution in [0.2, 0.25) is 0 Å². The van der Waals surface area contributed by atoms with E-state index in [-0.39, 0.29) is 5.70 Å². The van der Waals surface area contributed by atoms with E-state index in [2.05, 4.69) is 4.99 Å². The number of cyclic esters (lactones) is 1. The van der Waals surface area contributed by atoms with Gasteiger partial charge in [-0.05, 0) is 42.3 Å². The zero-order valence-electron chi connectivity index (χ0n) is 14.2. The first-order valence-electron chi connectivity index (χ1n) is 8.10. The van der Waals surface area contributed by atoms with Gasteiger partial charge in [-0.25, -0.2) is 9.79 Å². The maximum Gasteiger partial charge on any atom is 0.363 e. The summed E-state index contributed by atoms with van der Waals surface area (Å²) in [5.41, 5.74) is 1.81. The van der Waals surface area contributed by atoms with Gasteiger partial charge in [0.05, 0.1) is 13.7 Å². The minimum atomic E-state index is -0.467. The van der Waals surface area contributed by atoms with Crippen LogP contribution in [-0.4, -0.2) is 25.6 Å². The van der Waals surface area contributed by atoms with E-state index >= 15 is 0 Å². The van der Waals surface area contributed by atoms with Crippen molar-refractivity contribution in [2.24, 2.45) is 4.99 Å². The van der Waals surface area contributed by atoms with Gasteiger partial charge < -0.3 is 14.2 Å². The topological polar surface area (TPSA) is 57.1 Å². The molecule has 0 bridgehead atoms. The summed E-state index contributed by atoms with van der Waals surface area (Å²) in [6.45, 7) is 2.63. The summed E-state index contributed by atoms with van der Waals surface area (Å²) in [6, 6.07) is 14.8. The van der Waals surface area contributed by atoms with Crippen molar-refractivity contribution in [3.05, 3.63) is 65.4 Å². The second-order valence-corrected chi connectivity index (χ2v) is 5.46. The van der Waals surface area contributed by atoms with Crippen LogP contribution in [0.3, 0.4) is 0 Å². The lowest BCUT2D eigenvalue weighted by Gasteiger charge is -2.10. The Morgan fingerprint density at radius 1 is 1.12 bits per heavy atom. The fourth-order valence-corrected chi connectivity index (χ4v) is 2.38. The van der Waals surface area contributed by atoms with E-state index in [1.807, 2.05) is 49.4 Å². The first-order chi connectivity index (χ1) is 12.2. The van der Waals surface area contributed by atoms with Gasteiger partial charge in [0.25, 0.3) is 0 Å². The van der Waals surface area contributed by atoms with Crippen molar-refractivity contribution in [2.45, 2.75) is 13.3 Å². The second kappa shape index (κ2) is 7.66. The summed E-state index contributed by atoms with van der Waals surface area (Å²) in [5.74, 6) is 1.13. The highest BCUT2D eigenvalue weighted by Crippen LogP contribution is 2.30. The van der Waals surface area contributed by atoms with Crippen molar-refractivity contribution in [3.63, 3.8) is 0 Å². The molecule has 0 spiro atoms. The molecule has 25 heavy (non-hydrogen) atoms. The van der Waals surface area contributed by atoms with Gasteiger partial charge in [-0.15, -0.1) is 0 Å². The molecule has 0 saturated heterocycles. The Bertz CT molecular complexity index is 825. The number of benzene rings is 2. The zero-order chi connectivity index (χ0) is 17.6. The van der Waals surface area contributed by atoms with Gasteiger partial charge in [0.1, 0.15) is 0 Å². The zero-order valence-corrected chi connectivity index (χ0v) is 14.2. The molecule has 0 atom stereocenters. The molecule has 1 aliphatic rings. The van der Waals surface area contributed by atoms with Gasteiger partial charge >= 0.3 is 5.97 Å². The van der Waals surface area contributed by atoms with Gasteiger partial charge in [-0.2, -0.15) is 0 Å². The maximum atomic E-state index is 12.1. The van der Waals surface area contributed by atoms with E-state index in [1.165, 1.54) is 0 Å². The molecule has 0 amide bonds. The largest absolute Gasteiger partial charge is 0.493 e. The highest BCUT2D eigenvalue weighted by molar-refractivity contribution is 6.12. The molecule has 2 aromatic rings. The van der Waals surface area contributed by atoms with Gasteiger partial charge in [-0.1, -0.05) is 31.2 Å². The van der Waals surface area contributed by atoms with Gasteiger partial charge in [-0.3, -0.25) is 0 Å². The predicted molar refractivity (Wildman–Crippen MR) is 95.8 cm³/mol. The number of carbonyl (C=O) groups excluding carboxylic acids is 1. The van der Waals surface area contributed by atoms with Crippen LogP contribution >= 0.6 is 0 Å². The first kappa shape index (κ1) is 16.8. The monoisotopic (exact) mass is 337 g/mol. The minimum Gasteiger partial charge on any atom is -0.493 e. The Kier molecular flexibility index (Phi) is 5.14. The van der Waals surface area contributed by atoms with Crippen LogP contribution in [0.5, 0.6) is 11.5 Å². The number of esters is 1. The van der Waals surface area contributed by atoms with E-state index < -0.39 is 5.97 Å². The third-order valence-electron chi connectivity index (χ3n) is 3.59. The van der Waals surface area contributed by atoms with Crippen LogP contribution in [0.4, 0.5) is 0 Å². The lowest BCUT2D eigenvalue weighted by molar-refractivity contribution is -0.129. The van der Waals surface area contributed by atoms with Crippen molar-refractivity contribution < 1.29 is 19.0 Å². The smallest absolute Gasteiger partial charge is 0.363 e. The Morgan fingerprint density at radius 2 is 1.92 bits per heavy atom. The molecular weight excluding hydrogens is 318 g/mol. The van der Waals surface area contributed by atoms with Crippen LogP contribution in [0, 0.1) is 0 Å². The van der Waals surface area contributed by atoms with Crippen molar-refractivity contribution in [2.75, 3.05) is 13.7 Å². The number of hydrogen-bond donors (Lipinski definition) is 0. The maximum absolute atomic E-state index is 12.1. The lowest BCUT2D eigenvalue weighted by Crippen LogP contribution is -2.04. The molecule has 128 valence electrons. The molecule has 0 radical (unpaired) electrons. The molecule has 0 N–H and O–H groups in total. The molecule has 5 heteroatoms. The Balaban J connectivity index is 1.89. The summed E-state index contributed by atoms with van der Waals surface area (Å²) in [6.07, 6.45) is 2.57. The van der Waals surface area contributed by atoms with E-state index in [1.54, 1.807) is 19.3 Å². The van der Waals surface area contributed by atoms with Crippen molar-refractivity contribution in [3.8, 4) is 11.5 Å². The standard InChI is InChI=1S/C20H19NO4/c1-3-11-24-18-13-14(9-10-17(18)23-2)12-16-20(22)25-19(21-16)15-7-5-4-6-8-15/h4-10,12-13H,3,11H2,1-2H3. The first-order valence-corrected chi connectivity index (χ1v) is 8.10. The van der Waals surface area contributed by atoms with E-state index in [9.17, 15) is 4.79 Å². The Morgan fingerprint density at radius 3 is 2.64 bits per heavy atom. The summed E-state index contributed by atoms with van der Waals surface area (Å²) in [4.78, 5) is 16.4. The van der Waals surface area contributed by atoms with Crippen LogP contribution in [0.1, 0.15) is 24.5 Å². The van der Waals surface area contributed by atoms with Crippen LogP contribution in [-0.2, 0) is 9.53 Å². The summed E-state index contributed by atoms with van der Waals surface area (Å²) in [5, 5.41) is 0. The second-order valence-electron chi connectivity index (χ2n) is 5.46. The van der Waals surface area contributed by atoms with Crippen molar-refractivity contribution >= 4 is 17.9 Å². The molecule has 2 aromatic carbocycles. The third kappa shape index (κ3) is 3.88. The molecule has 3 rings (SSSR count). The number of rotatable bonds is 6. The highest BCUT2D eigenvalue weighted by atomic mass is 16.6. The average Bonchev–Trinajstić information content (AvgIpc) is 3.01. The van der Waals surface area contributed by atoms with E-state index in [0.717, 1.165) is 17.5 Å². The van der Waals surface area contributed by atoms with Crippen LogP contribution in [0.15, 0.2) is 59.2 Å². The molecule has 0 unspecified atom stereocenters. The third-order valence-corrected chi connectivity index (χ3v) is 3.59. The number of ether oxygens (including phenoxy) is 3. The quantitative estimate of drug-likeness (QED) is 0.594. The SMILES string of the molecule is CCCOc1cc(C=C2N=C(c3ccccc3)OC2=O)ccc1OC. The molecular formula is C20H19NO4. The Labute approximate surface area is 146 Å². The number of hydrogen-bond acceptors (Lipinski definition) is 5. The fraction of sp³-hybridized carbons (Fsp3) is 0.200. The van der Waals surface area contributed by atoms with Crippen molar-refractivity contribution in [1.82, 2.24) is 0 Å². The molecule has 1 heterocycles. The number of aliphatic imine (C=N–C) groups is 1. The van der Waals surface area contributed by atoms with Gasteiger partial charge in [0.2, 0.25) is 5.90 Å². The van der Waals surface area contributed by atoms with Gasteiger partial charge in [0, 0.05) is 5.56 Å². The normalized spacial score (nSPS) is 15.0. The predicted octanol–water partition coefficient (Wildman–Crippen LogP) is 3.83. The average molecular weight is 337 g/mol. The summed E-state index contributed by atoms with van der Waals surface area (Å²) in [7, 11) is 1.59. The molecule has 1 aliphatic heterocycles. The number of nitrogens with zero attached hydrogens (tertiary/aromatic N) is 1. The van der Waals surface area contributed by atoms with Crippen LogP contribution in [0.25, 0.3) is 6.08 Å². The molecule has 0 saturated carbocycles. The number of methoxy groups -OCH3 is 1.